The summed E-state index contributed by atoms with van der Waals surface area (Å²) in [5.74, 6) is 0.142. The minimum atomic E-state index is -3.45. The first-order valence-corrected chi connectivity index (χ1v) is 5.95. The van der Waals surface area contributed by atoms with Gasteiger partial charge in [0.25, 0.3) is 0 Å². The first kappa shape index (κ1) is 9.78. The van der Waals surface area contributed by atoms with E-state index in [4.69, 9.17) is 5.73 Å². The van der Waals surface area contributed by atoms with Gasteiger partial charge in [-0.2, -0.15) is 0 Å². The Bertz CT molecular complexity index is 624. The summed E-state index contributed by atoms with van der Waals surface area (Å²) in [6.45, 7) is 0. The number of anilines is 1. The van der Waals surface area contributed by atoms with Crippen LogP contribution in [-0.2, 0) is 9.84 Å². The number of hydrogen-bond acceptors (Lipinski definition) is 6. The predicted molar refractivity (Wildman–Crippen MR) is 54.9 cm³/mol. The van der Waals surface area contributed by atoms with E-state index in [1.807, 2.05) is 0 Å². The van der Waals surface area contributed by atoms with Gasteiger partial charge in [-0.3, -0.25) is 4.98 Å². The van der Waals surface area contributed by atoms with Crippen LogP contribution in [0.15, 0.2) is 23.6 Å². The first-order valence-electron chi connectivity index (χ1n) is 4.06. The third-order valence-electron chi connectivity index (χ3n) is 1.84. The maximum absolute atomic E-state index is 11.2. The van der Waals surface area contributed by atoms with Crippen LogP contribution in [0.5, 0.6) is 0 Å². The Morgan fingerprint density at radius 3 is 2.73 bits per heavy atom. The molecule has 0 radical (unpaired) electrons. The van der Waals surface area contributed by atoms with E-state index in [2.05, 4.69) is 15.0 Å². The molecule has 0 saturated carbocycles. The van der Waals surface area contributed by atoms with E-state index in [9.17, 15) is 8.42 Å². The van der Waals surface area contributed by atoms with Crippen molar-refractivity contribution in [1.29, 1.82) is 0 Å². The monoisotopic (exact) mass is 224 g/mol. The van der Waals surface area contributed by atoms with E-state index in [-0.39, 0.29) is 11.0 Å². The molecule has 0 saturated heterocycles. The molecule has 2 rings (SSSR count). The van der Waals surface area contributed by atoms with Crippen molar-refractivity contribution >= 4 is 26.6 Å². The number of hydrogen-bond donors (Lipinski definition) is 1. The molecule has 0 spiro atoms. The highest BCUT2D eigenvalue weighted by molar-refractivity contribution is 7.90. The number of nitrogens with zero attached hydrogens (tertiary/aromatic N) is 3. The molecule has 0 aliphatic rings. The highest BCUT2D eigenvalue weighted by Gasteiger charge is 2.13. The Balaban J connectivity index is 2.85. The van der Waals surface area contributed by atoms with Gasteiger partial charge < -0.3 is 5.73 Å². The van der Waals surface area contributed by atoms with Gasteiger partial charge in [-0.05, 0) is 6.07 Å². The Morgan fingerprint density at radius 2 is 2.07 bits per heavy atom. The molecule has 0 unspecified atom stereocenters. The zero-order valence-electron chi connectivity index (χ0n) is 7.88. The highest BCUT2D eigenvalue weighted by Crippen LogP contribution is 2.17. The van der Waals surface area contributed by atoms with Gasteiger partial charge in [-0.1, -0.05) is 0 Å². The number of aromatic nitrogens is 3. The summed E-state index contributed by atoms with van der Waals surface area (Å²) in [5, 5.41) is 0.318. The third-order valence-corrected chi connectivity index (χ3v) is 2.69. The van der Waals surface area contributed by atoms with E-state index in [1.54, 1.807) is 12.3 Å². The van der Waals surface area contributed by atoms with Crippen molar-refractivity contribution in [3.05, 3.63) is 18.5 Å². The van der Waals surface area contributed by atoms with Crippen molar-refractivity contribution in [3.63, 3.8) is 0 Å². The minimum absolute atomic E-state index is 0.142. The molecule has 7 heteroatoms. The molecule has 0 fully saturated rings. The van der Waals surface area contributed by atoms with Crippen molar-refractivity contribution in [2.45, 2.75) is 5.16 Å². The molecule has 2 heterocycles. The largest absolute Gasteiger partial charge is 0.383 e. The quantitative estimate of drug-likeness (QED) is 0.685. The van der Waals surface area contributed by atoms with Crippen LogP contribution in [0.2, 0.25) is 0 Å². The van der Waals surface area contributed by atoms with Crippen LogP contribution in [0.25, 0.3) is 10.9 Å². The summed E-state index contributed by atoms with van der Waals surface area (Å²) < 4.78 is 22.5. The summed E-state index contributed by atoms with van der Waals surface area (Å²) >= 11 is 0. The van der Waals surface area contributed by atoms with Gasteiger partial charge in [0.1, 0.15) is 5.82 Å². The number of rotatable bonds is 1. The molecule has 0 aromatic carbocycles. The van der Waals surface area contributed by atoms with Gasteiger partial charge >= 0.3 is 0 Å². The maximum atomic E-state index is 11.2. The molecule has 0 amide bonds. The molecule has 0 atom stereocenters. The number of nitrogen functional groups attached to an aromatic ring is 1. The summed E-state index contributed by atoms with van der Waals surface area (Å²) in [7, 11) is -3.45. The Hall–Kier alpha value is -1.76. The highest BCUT2D eigenvalue weighted by atomic mass is 32.2. The van der Waals surface area contributed by atoms with Crippen molar-refractivity contribution < 1.29 is 8.42 Å². The normalized spacial score (nSPS) is 11.8. The SMILES string of the molecule is CS(=O)(=O)c1nc(N)c2ccncc2n1. The van der Waals surface area contributed by atoms with Crippen molar-refractivity contribution in [2.75, 3.05) is 12.0 Å². The lowest BCUT2D eigenvalue weighted by atomic mass is 10.3. The molecule has 0 aliphatic carbocycles. The van der Waals surface area contributed by atoms with E-state index in [1.165, 1.54) is 6.20 Å². The zero-order chi connectivity index (χ0) is 11.1. The Labute approximate surface area is 86.1 Å². The molecular weight excluding hydrogens is 216 g/mol. The lowest BCUT2D eigenvalue weighted by Crippen LogP contribution is -2.07. The molecule has 0 aliphatic heterocycles. The molecule has 78 valence electrons. The van der Waals surface area contributed by atoms with E-state index >= 15 is 0 Å². The third kappa shape index (κ3) is 1.73. The van der Waals surface area contributed by atoms with Crippen LogP contribution in [0, 0.1) is 0 Å². The van der Waals surface area contributed by atoms with Crippen LogP contribution in [0.3, 0.4) is 0 Å². The van der Waals surface area contributed by atoms with Crippen LogP contribution in [-0.4, -0.2) is 29.6 Å². The molecule has 2 aromatic heterocycles. The second kappa shape index (κ2) is 3.13. The topological polar surface area (TPSA) is 98.8 Å². The lowest BCUT2D eigenvalue weighted by Gasteiger charge is -2.02. The van der Waals surface area contributed by atoms with Gasteiger partial charge in [0.15, 0.2) is 0 Å². The van der Waals surface area contributed by atoms with E-state index in [0.29, 0.717) is 10.9 Å². The fraction of sp³-hybridized carbons (Fsp3) is 0.125. The lowest BCUT2D eigenvalue weighted by molar-refractivity contribution is 0.594. The second-order valence-electron chi connectivity index (χ2n) is 3.06. The molecule has 15 heavy (non-hydrogen) atoms. The second-order valence-corrected chi connectivity index (χ2v) is 4.97. The molecule has 6 nitrogen and oxygen atoms in total. The average molecular weight is 224 g/mol. The van der Waals surface area contributed by atoms with Crippen LogP contribution in [0.4, 0.5) is 5.82 Å². The predicted octanol–water partition coefficient (Wildman–Crippen LogP) is 0.0105. The van der Waals surface area contributed by atoms with E-state index in [0.717, 1.165) is 6.26 Å². The van der Waals surface area contributed by atoms with Gasteiger partial charge in [0.05, 0.1) is 11.7 Å². The summed E-state index contributed by atoms with van der Waals surface area (Å²) in [5.41, 5.74) is 6.03. The summed E-state index contributed by atoms with van der Waals surface area (Å²) in [4.78, 5) is 11.4. The number of fused-ring (bicyclic) bond motifs is 1. The fourth-order valence-corrected chi connectivity index (χ4v) is 1.68. The van der Waals surface area contributed by atoms with Crippen molar-refractivity contribution in [1.82, 2.24) is 15.0 Å². The van der Waals surface area contributed by atoms with Crippen molar-refractivity contribution in [3.8, 4) is 0 Å². The molecule has 2 aromatic rings. The molecule has 2 N–H and O–H groups in total. The Kier molecular flexibility index (Phi) is 2.04. The summed E-state index contributed by atoms with van der Waals surface area (Å²) in [6.07, 6.45) is 4.02. The van der Waals surface area contributed by atoms with Crippen LogP contribution in [0.1, 0.15) is 0 Å². The average Bonchev–Trinajstić information content (AvgIpc) is 2.16. The van der Waals surface area contributed by atoms with E-state index < -0.39 is 9.84 Å². The number of pyridine rings is 1. The maximum Gasteiger partial charge on any atom is 0.249 e. The molecule has 0 bridgehead atoms. The summed E-state index contributed by atoms with van der Waals surface area (Å²) in [6, 6.07) is 1.64. The van der Waals surface area contributed by atoms with Crippen molar-refractivity contribution in [2.24, 2.45) is 0 Å². The fourth-order valence-electron chi connectivity index (χ4n) is 1.15. The van der Waals surface area contributed by atoms with Gasteiger partial charge in [-0.25, -0.2) is 18.4 Å². The van der Waals surface area contributed by atoms with Gasteiger partial charge in [0.2, 0.25) is 15.0 Å². The van der Waals surface area contributed by atoms with Crippen LogP contribution >= 0.6 is 0 Å². The van der Waals surface area contributed by atoms with Crippen LogP contribution < -0.4 is 5.73 Å². The molecular formula is C8H8N4O2S. The minimum Gasteiger partial charge on any atom is -0.383 e. The number of sulfone groups is 1. The van der Waals surface area contributed by atoms with Gasteiger partial charge in [-0.15, -0.1) is 0 Å². The number of nitrogens with two attached hydrogens (primary N) is 1. The van der Waals surface area contributed by atoms with Gasteiger partial charge in [0, 0.05) is 17.8 Å². The first-order chi connectivity index (χ1) is 6.98. The zero-order valence-corrected chi connectivity index (χ0v) is 8.69. The Morgan fingerprint density at radius 1 is 1.33 bits per heavy atom. The standard InChI is InChI=1S/C8H8N4O2S/c1-15(13,14)8-11-6-4-10-3-2-5(6)7(9)12-8/h2-4H,1H3,(H2,9,11,12). The smallest absolute Gasteiger partial charge is 0.249 e.